The van der Waals surface area contributed by atoms with Crippen LogP contribution in [0.5, 0.6) is 0 Å². The molecule has 1 aliphatic carbocycles. The van der Waals surface area contributed by atoms with Crippen LogP contribution in [0.15, 0.2) is 41.3 Å². The van der Waals surface area contributed by atoms with Crippen molar-refractivity contribution >= 4 is 16.8 Å². The molecule has 0 spiro atoms. The minimum absolute atomic E-state index is 0.0660. The summed E-state index contributed by atoms with van der Waals surface area (Å²) in [5, 5.41) is 0. The Morgan fingerprint density at radius 1 is 1.13 bits per heavy atom. The molecule has 1 aliphatic heterocycles. The third-order valence-electron chi connectivity index (χ3n) is 6.10. The maximum atomic E-state index is 12.2. The van der Waals surface area contributed by atoms with Crippen molar-refractivity contribution < 1.29 is 0 Å². The monoisotopic (exact) mass is 306 g/mol. The SMILES string of the molecule is CC1(C)C2=C(Cc3ccccc32)c2cc(=O)c(N)cn2C1(C)C. The minimum atomic E-state index is -0.180. The summed E-state index contributed by atoms with van der Waals surface area (Å²) in [6, 6.07) is 10.3. The number of anilines is 1. The second-order valence-corrected chi connectivity index (χ2v) is 7.72. The maximum absolute atomic E-state index is 12.2. The summed E-state index contributed by atoms with van der Waals surface area (Å²) in [6.45, 7) is 9.04. The first-order chi connectivity index (χ1) is 10.7. The topological polar surface area (TPSA) is 48.0 Å². The van der Waals surface area contributed by atoms with Gasteiger partial charge in [0, 0.05) is 35.3 Å². The average molecular weight is 306 g/mol. The fraction of sp³-hybridized carbons (Fsp3) is 0.350. The van der Waals surface area contributed by atoms with Crippen molar-refractivity contribution in [2.24, 2.45) is 5.41 Å². The van der Waals surface area contributed by atoms with Crippen LogP contribution in [0.3, 0.4) is 0 Å². The zero-order valence-corrected chi connectivity index (χ0v) is 14.1. The van der Waals surface area contributed by atoms with Gasteiger partial charge in [0.1, 0.15) is 0 Å². The predicted molar refractivity (Wildman–Crippen MR) is 95.2 cm³/mol. The van der Waals surface area contributed by atoms with Crippen LogP contribution in [0.1, 0.15) is 44.5 Å². The van der Waals surface area contributed by atoms with Gasteiger partial charge in [-0.25, -0.2) is 0 Å². The zero-order chi connectivity index (χ0) is 16.6. The normalized spacial score (nSPS) is 20.0. The Bertz CT molecular complexity index is 929. The Balaban J connectivity index is 2.12. The number of nitrogens with two attached hydrogens (primary N) is 1. The van der Waals surface area contributed by atoms with Gasteiger partial charge in [-0.2, -0.15) is 0 Å². The van der Waals surface area contributed by atoms with E-state index in [4.69, 9.17) is 5.73 Å². The third-order valence-corrected chi connectivity index (χ3v) is 6.10. The second-order valence-electron chi connectivity index (χ2n) is 7.72. The van der Waals surface area contributed by atoms with Gasteiger partial charge in [0.05, 0.1) is 5.69 Å². The summed E-state index contributed by atoms with van der Waals surface area (Å²) in [5.41, 5.74) is 12.2. The first-order valence-corrected chi connectivity index (χ1v) is 8.10. The van der Waals surface area contributed by atoms with Gasteiger partial charge in [0.15, 0.2) is 0 Å². The smallest absolute Gasteiger partial charge is 0.205 e. The Kier molecular flexibility index (Phi) is 2.59. The van der Waals surface area contributed by atoms with E-state index in [1.807, 2.05) is 6.20 Å². The number of allylic oxidation sites excluding steroid dienone is 2. The molecule has 1 aromatic heterocycles. The highest BCUT2D eigenvalue weighted by Crippen LogP contribution is 2.57. The number of pyridine rings is 1. The second kappa shape index (κ2) is 4.16. The molecule has 23 heavy (non-hydrogen) atoms. The van der Waals surface area contributed by atoms with Crippen molar-refractivity contribution in [1.82, 2.24) is 4.57 Å². The van der Waals surface area contributed by atoms with E-state index in [1.165, 1.54) is 22.3 Å². The van der Waals surface area contributed by atoms with Crippen molar-refractivity contribution in [3.05, 3.63) is 63.6 Å². The van der Waals surface area contributed by atoms with E-state index in [9.17, 15) is 4.79 Å². The summed E-state index contributed by atoms with van der Waals surface area (Å²) >= 11 is 0. The van der Waals surface area contributed by atoms with Crippen LogP contribution >= 0.6 is 0 Å². The lowest BCUT2D eigenvalue weighted by Gasteiger charge is -2.50. The number of nitrogens with zero attached hydrogens (tertiary/aromatic N) is 1. The first-order valence-electron chi connectivity index (χ1n) is 8.10. The van der Waals surface area contributed by atoms with Crippen LogP contribution in [0, 0.1) is 5.41 Å². The van der Waals surface area contributed by atoms with Gasteiger partial charge in [-0.05, 0) is 36.1 Å². The maximum Gasteiger partial charge on any atom is 0.205 e. The number of rotatable bonds is 0. The minimum Gasteiger partial charge on any atom is -0.394 e. The zero-order valence-electron chi connectivity index (χ0n) is 14.1. The fourth-order valence-corrected chi connectivity index (χ4v) is 4.14. The Hall–Kier alpha value is -2.29. The fourth-order valence-electron chi connectivity index (χ4n) is 4.14. The van der Waals surface area contributed by atoms with Gasteiger partial charge in [0.25, 0.3) is 0 Å². The van der Waals surface area contributed by atoms with Crippen molar-refractivity contribution in [2.45, 2.75) is 39.7 Å². The number of fused-ring (bicyclic) bond motifs is 4. The van der Waals surface area contributed by atoms with Crippen LogP contribution in [0.25, 0.3) is 11.1 Å². The lowest BCUT2D eigenvalue weighted by Crippen LogP contribution is -2.47. The Morgan fingerprint density at radius 3 is 2.57 bits per heavy atom. The molecular weight excluding hydrogens is 284 g/mol. The third kappa shape index (κ3) is 1.62. The molecule has 4 rings (SSSR count). The molecule has 0 fully saturated rings. The first kappa shape index (κ1) is 14.3. The molecule has 2 aromatic rings. The number of hydrogen-bond donors (Lipinski definition) is 1. The van der Waals surface area contributed by atoms with E-state index in [0.717, 1.165) is 12.1 Å². The van der Waals surface area contributed by atoms with Crippen LogP contribution < -0.4 is 11.2 Å². The molecule has 3 heteroatoms. The van der Waals surface area contributed by atoms with Gasteiger partial charge >= 0.3 is 0 Å². The largest absolute Gasteiger partial charge is 0.394 e. The summed E-state index contributed by atoms with van der Waals surface area (Å²) in [6.07, 6.45) is 2.71. The summed E-state index contributed by atoms with van der Waals surface area (Å²) in [7, 11) is 0. The highest BCUT2D eigenvalue weighted by molar-refractivity contribution is 6.00. The van der Waals surface area contributed by atoms with Crippen molar-refractivity contribution in [2.75, 3.05) is 5.73 Å². The molecule has 0 bridgehead atoms. The molecule has 1 aromatic carbocycles. The molecule has 0 saturated carbocycles. The highest BCUT2D eigenvalue weighted by Gasteiger charge is 2.49. The predicted octanol–water partition coefficient (Wildman–Crippen LogP) is 3.67. The highest BCUT2D eigenvalue weighted by atomic mass is 16.1. The summed E-state index contributed by atoms with van der Waals surface area (Å²) < 4.78 is 2.20. The molecule has 118 valence electrons. The number of benzene rings is 1. The van der Waals surface area contributed by atoms with Gasteiger partial charge in [-0.1, -0.05) is 38.1 Å². The molecule has 0 saturated heterocycles. The Labute approximate surface area is 136 Å². The summed E-state index contributed by atoms with van der Waals surface area (Å²) in [5.74, 6) is 0. The van der Waals surface area contributed by atoms with Crippen LogP contribution in [0.4, 0.5) is 5.69 Å². The molecule has 0 radical (unpaired) electrons. The van der Waals surface area contributed by atoms with Crippen molar-refractivity contribution in [3.8, 4) is 0 Å². The number of aromatic nitrogens is 1. The van der Waals surface area contributed by atoms with E-state index >= 15 is 0 Å². The molecule has 3 nitrogen and oxygen atoms in total. The average Bonchev–Trinajstić information content (AvgIpc) is 2.88. The quantitative estimate of drug-likeness (QED) is 0.807. The van der Waals surface area contributed by atoms with Gasteiger partial charge in [-0.15, -0.1) is 0 Å². The lowest BCUT2D eigenvalue weighted by atomic mass is 9.64. The van der Waals surface area contributed by atoms with E-state index in [1.54, 1.807) is 6.07 Å². The molecule has 2 heterocycles. The van der Waals surface area contributed by atoms with Gasteiger partial charge < -0.3 is 10.3 Å². The van der Waals surface area contributed by atoms with Gasteiger partial charge in [0.2, 0.25) is 5.43 Å². The number of nitrogen functional groups attached to an aromatic ring is 1. The van der Waals surface area contributed by atoms with Crippen LogP contribution in [-0.2, 0) is 12.0 Å². The summed E-state index contributed by atoms with van der Waals surface area (Å²) in [4.78, 5) is 12.2. The molecule has 2 N–H and O–H groups in total. The van der Waals surface area contributed by atoms with E-state index in [-0.39, 0.29) is 16.4 Å². The molecule has 0 atom stereocenters. The van der Waals surface area contributed by atoms with E-state index < -0.39 is 0 Å². The molecule has 0 unspecified atom stereocenters. The van der Waals surface area contributed by atoms with E-state index in [0.29, 0.717) is 5.69 Å². The lowest BCUT2D eigenvalue weighted by molar-refractivity contribution is 0.175. The van der Waals surface area contributed by atoms with Crippen molar-refractivity contribution in [3.63, 3.8) is 0 Å². The van der Waals surface area contributed by atoms with Crippen LogP contribution in [0.2, 0.25) is 0 Å². The Morgan fingerprint density at radius 2 is 1.83 bits per heavy atom. The van der Waals surface area contributed by atoms with Crippen LogP contribution in [-0.4, -0.2) is 4.57 Å². The standard InChI is InChI=1S/C20H22N2O/c1-19(2)18-13-8-6-5-7-12(13)9-14(18)16-10-17(23)15(21)11-22(16)20(19,3)4/h5-8,10-11H,9,21H2,1-4H3. The number of hydrogen-bond acceptors (Lipinski definition) is 2. The van der Waals surface area contributed by atoms with E-state index in [2.05, 4.69) is 56.5 Å². The van der Waals surface area contributed by atoms with Crippen molar-refractivity contribution in [1.29, 1.82) is 0 Å². The molecule has 2 aliphatic rings. The molecule has 0 amide bonds. The molecular formula is C20H22N2O. The van der Waals surface area contributed by atoms with Gasteiger partial charge in [-0.3, -0.25) is 4.79 Å².